The standard InChI is InChI=1S/C14H21NO2/c16-14(12-5-4-9-15-11-12)8-10-17-13-6-2-1-3-7-13/h1-3,6-7,12,14-16H,4-5,8-11H2. The Labute approximate surface area is 103 Å². The smallest absolute Gasteiger partial charge is 0.119 e. The molecule has 3 heteroatoms. The van der Waals surface area contributed by atoms with Crippen molar-refractivity contribution < 1.29 is 9.84 Å². The van der Waals surface area contributed by atoms with Crippen molar-refractivity contribution in [2.24, 2.45) is 5.92 Å². The summed E-state index contributed by atoms with van der Waals surface area (Å²) < 4.78 is 5.59. The Kier molecular flexibility index (Phi) is 4.83. The number of nitrogens with one attached hydrogen (secondary N) is 1. The molecule has 2 unspecified atom stereocenters. The van der Waals surface area contributed by atoms with Gasteiger partial charge in [0, 0.05) is 13.0 Å². The molecular formula is C14H21NO2. The first-order chi connectivity index (χ1) is 8.36. The maximum Gasteiger partial charge on any atom is 0.119 e. The predicted octanol–water partition coefficient (Wildman–Crippen LogP) is 1.82. The molecule has 1 fully saturated rings. The molecule has 3 nitrogen and oxygen atoms in total. The average Bonchev–Trinajstić information content (AvgIpc) is 2.41. The minimum Gasteiger partial charge on any atom is -0.493 e. The Hall–Kier alpha value is -1.06. The van der Waals surface area contributed by atoms with Crippen LogP contribution in [0.4, 0.5) is 0 Å². The number of ether oxygens (including phenoxy) is 1. The fourth-order valence-electron chi connectivity index (χ4n) is 2.26. The summed E-state index contributed by atoms with van der Waals surface area (Å²) in [6.45, 7) is 2.61. The molecule has 1 aromatic carbocycles. The lowest BCUT2D eigenvalue weighted by Gasteiger charge is -2.27. The van der Waals surface area contributed by atoms with Crippen LogP contribution in [0.3, 0.4) is 0 Å². The molecule has 94 valence electrons. The van der Waals surface area contributed by atoms with Crippen molar-refractivity contribution in [2.75, 3.05) is 19.7 Å². The maximum absolute atomic E-state index is 10.0. The van der Waals surface area contributed by atoms with Crippen molar-refractivity contribution in [3.8, 4) is 5.75 Å². The molecule has 0 spiro atoms. The molecule has 0 bridgehead atoms. The molecule has 2 N–H and O–H groups in total. The van der Waals surface area contributed by atoms with Crippen LogP contribution in [0.5, 0.6) is 5.75 Å². The van der Waals surface area contributed by atoms with Gasteiger partial charge >= 0.3 is 0 Å². The Balaban J connectivity index is 1.67. The van der Waals surface area contributed by atoms with Crippen molar-refractivity contribution in [1.82, 2.24) is 5.32 Å². The van der Waals surface area contributed by atoms with E-state index >= 15 is 0 Å². The quantitative estimate of drug-likeness (QED) is 0.818. The van der Waals surface area contributed by atoms with Crippen LogP contribution >= 0.6 is 0 Å². The van der Waals surface area contributed by atoms with Gasteiger partial charge in [0.2, 0.25) is 0 Å². The summed E-state index contributed by atoms with van der Waals surface area (Å²) in [5.74, 6) is 1.27. The van der Waals surface area contributed by atoms with Crippen molar-refractivity contribution in [3.05, 3.63) is 30.3 Å². The molecular weight excluding hydrogens is 214 g/mol. The number of para-hydroxylation sites is 1. The van der Waals surface area contributed by atoms with Crippen LogP contribution in [-0.4, -0.2) is 30.9 Å². The van der Waals surface area contributed by atoms with Gasteiger partial charge < -0.3 is 15.2 Å². The third-order valence-electron chi connectivity index (χ3n) is 3.30. The van der Waals surface area contributed by atoms with E-state index in [9.17, 15) is 5.11 Å². The fourth-order valence-corrected chi connectivity index (χ4v) is 2.26. The molecule has 0 aliphatic carbocycles. The van der Waals surface area contributed by atoms with E-state index in [1.165, 1.54) is 6.42 Å². The Bertz CT molecular complexity index is 309. The van der Waals surface area contributed by atoms with Gasteiger partial charge in [-0.3, -0.25) is 0 Å². The second-order valence-corrected chi connectivity index (χ2v) is 4.62. The van der Waals surface area contributed by atoms with Gasteiger partial charge in [-0.2, -0.15) is 0 Å². The van der Waals surface area contributed by atoms with E-state index in [-0.39, 0.29) is 6.10 Å². The highest BCUT2D eigenvalue weighted by Gasteiger charge is 2.21. The van der Waals surface area contributed by atoms with Gasteiger partial charge in [0.15, 0.2) is 0 Å². The van der Waals surface area contributed by atoms with Crippen molar-refractivity contribution in [3.63, 3.8) is 0 Å². The van der Waals surface area contributed by atoms with Crippen LogP contribution < -0.4 is 10.1 Å². The largest absolute Gasteiger partial charge is 0.493 e. The highest BCUT2D eigenvalue weighted by atomic mass is 16.5. The Morgan fingerprint density at radius 2 is 2.18 bits per heavy atom. The Morgan fingerprint density at radius 1 is 1.35 bits per heavy atom. The second kappa shape index (κ2) is 6.62. The van der Waals surface area contributed by atoms with E-state index in [4.69, 9.17) is 4.74 Å². The molecule has 1 aliphatic heterocycles. The van der Waals surface area contributed by atoms with Crippen molar-refractivity contribution in [2.45, 2.75) is 25.4 Å². The number of aliphatic hydroxyl groups excluding tert-OH is 1. The van der Waals surface area contributed by atoms with E-state index in [1.54, 1.807) is 0 Å². The van der Waals surface area contributed by atoms with Gasteiger partial charge in [-0.05, 0) is 37.4 Å². The summed E-state index contributed by atoms with van der Waals surface area (Å²) in [6, 6.07) is 9.76. The first kappa shape index (κ1) is 12.4. The molecule has 0 amide bonds. The van der Waals surface area contributed by atoms with Crippen LogP contribution in [-0.2, 0) is 0 Å². The Morgan fingerprint density at radius 3 is 2.88 bits per heavy atom. The minimum absolute atomic E-state index is 0.244. The highest BCUT2D eigenvalue weighted by Crippen LogP contribution is 2.17. The van der Waals surface area contributed by atoms with Crippen LogP contribution in [0.25, 0.3) is 0 Å². The first-order valence-electron chi connectivity index (χ1n) is 6.43. The zero-order chi connectivity index (χ0) is 11.9. The minimum atomic E-state index is -0.244. The molecule has 1 saturated heterocycles. The van der Waals surface area contributed by atoms with E-state index in [0.717, 1.165) is 25.3 Å². The summed E-state index contributed by atoms with van der Waals surface area (Å²) in [4.78, 5) is 0. The van der Waals surface area contributed by atoms with Gasteiger partial charge in [-0.25, -0.2) is 0 Å². The van der Waals surface area contributed by atoms with Crippen molar-refractivity contribution in [1.29, 1.82) is 0 Å². The topological polar surface area (TPSA) is 41.5 Å². The van der Waals surface area contributed by atoms with Crippen LogP contribution in [0.15, 0.2) is 30.3 Å². The zero-order valence-electron chi connectivity index (χ0n) is 10.1. The summed E-state index contributed by atoms with van der Waals surface area (Å²) in [7, 11) is 0. The molecule has 1 heterocycles. The molecule has 0 saturated carbocycles. The predicted molar refractivity (Wildman–Crippen MR) is 68.2 cm³/mol. The summed E-state index contributed by atoms with van der Waals surface area (Å²) in [5.41, 5.74) is 0. The number of aliphatic hydroxyl groups is 1. The second-order valence-electron chi connectivity index (χ2n) is 4.62. The summed E-state index contributed by atoms with van der Waals surface area (Å²) >= 11 is 0. The summed E-state index contributed by atoms with van der Waals surface area (Å²) in [6.07, 6.45) is 2.76. The van der Waals surface area contributed by atoms with Crippen LogP contribution in [0.1, 0.15) is 19.3 Å². The normalized spacial score (nSPS) is 22.1. The highest BCUT2D eigenvalue weighted by molar-refractivity contribution is 5.20. The van der Waals surface area contributed by atoms with Gasteiger partial charge in [0.1, 0.15) is 5.75 Å². The number of hydrogen-bond donors (Lipinski definition) is 2. The third kappa shape index (κ3) is 4.02. The van der Waals surface area contributed by atoms with Gasteiger partial charge in [-0.1, -0.05) is 18.2 Å². The maximum atomic E-state index is 10.0. The molecule has 0 radical (unpaired) electrons. The van der Waals surface area contributed by atoms with Crippen LogP contribution in [0, 0.1) is 5.92 Å². The molecule has 1 aromatic rings. The zero-order valence-corrected chi connectivity index (χ0v) is 10.1. The lowest BCUT2D eigenvalue weighted by molar-refractivity contribution is 0.0702. The molecule has 2 atom stereocenters. The van der Waals surface area contributed by atoms with E-state index in [1.807, 2.05) is 30.3 Å². The number of piperidine rings is 1. The monoisotopic (exact) mass is 235 g/mol. The lowest BCUT2D eigenvalue weighted by Crippen LogP contribution is -2.37. The van der Waals surface area contributed by atoms with Crippen molar-refractivity contribution >= 4 is 0 Å². The van der Waals surface area contributed by atoms with E-state index in [0.29, 0.717) is 18.9 Å². The molecule has 17 heavy (non-hydrogen) atoms. The van der Waals surface area contributed by atoms with E-state index < -0.39 is 0 Å². The number of benzene rings is 1. The van der Waals surface area contributed by atoms with Gasteiger partial charge in [0.25, 0.3) is 0 Å². The molecule has 1 aliphatic rings. The molecule has 0 aromatic heterocycles. The van der Waals surface area contributed by atoms with Crippen LogP contribution in [0.2, 0.25) is 0 Å². The van der Waals surface area contributed by atoms with E-state index in [2.05, 4.69) is 5.32 Å². The number of rotatable bonds is 5. The lowest BCUT2D eigenvalue weighted by atomic mass is 9.92. The SMILES string of the molecule is OC(CCOc1ccccc1)C1CCCNC1. The average molecular weight is 235 g/mol. The molecule has 2 rings (SSSR count). The van der Waals surface area contributed by atoms with Gasteiger partial charge in [-0.15, -0.1) is 0 Å². The first-order valence-corrected chi connectivity index (χ1v) is 6.43. The third-order valence-corrected chi connectivity index (χ3v) is 3.30. The summed E-state index contributed by atoms with van der Waals surface area (Å²) in [5, 5.41) is 13.4. The fraction of sp³-hybridized carbons (Fsp3) is 0.571. The number of hydrogen-bond acceptors (Lipinski definition) is 3. The van der Waals surface area contributed by atoms with Gasteiger partial charge in [0.05, 0.1) is 12.7 Å².